The molecular formula is C21H18F3N5OS. The van der Waals surface area contributed by atoms with Crippen LogP contribution in [0.1, 0.15) is 35.9 Å². The van der Waals surface area contributed by atoms with Gasteiger partial charge in [-0.2, -0.15) is 28.3 Å². The Balaban J connectivity index is 1.75. The molecule has 10 heteroatoms. The van der Waals surface area contributed by atoms with Gasteiger partial charge in [-0.15, -0.1) is 0 Å². The molecule has 0 fully saturated rings. The number of aliphatic imine (C=N–C) groups is 1. The Kier molecular flexibility index (Phi) is 5.12. The minimum Gasteiger partial charge on any atom is -0.318 e. The van der Waals surface area contributed by atoms with E-state index in [0.717, 1.165) is 17.2 Å². The van der Waals surface area contributed by atoms with Crippen LogP contribution in [-0.4, -0.2) is 31.5 Å². The van der Waals surface area contributed by atoms with Gasteiger partial charge in [0.2, 0.25) is 5.17 Å². The zero-order valence-corrected chi connectivity index (χ0v) is 17.7. The first-order valence-electron chi connectivity index (χ1n) is 9.45. The molecule has 2 aromatic rings. The number of hydrogen-bond donors (Lipinski definition) is 1. The van der Waals surface area contributed by atoms with Crippen LogP contribution in [0.5, 0.6) is 0 Å². The molecule has 0 radical (unpaired) electrons. The number of hydrogen-bond acceptors (Lipinski definition) is 4. The largest absolute Gasteiger partial charge is 0.416 e. The van der Waals surface area contributed by atoms with Gasteiger partial charge in [-0.3, -0.25) is 10.2 Å². The normalized spacial score (nSPS) is 17.9. The van der Waals surface area contributed by atoms with Crippen molar-refractivity contribution in [1.82, 2.24) is 9.58 Å². The predicted octanol–water partition coefficient (Wildman–Crippen LogP) is 5.14. The third-order valence-corrected chi connectivity index (χ3v) is 6.05. The number of thioether (sulfide) groups is 1. The smallest absolute Gasteiger partial charge is 0.318 e. The van der Waals surface area contributed by atoms with Crippen molar-refractivity contribution in [3.8, 4) is 5.69 Å². The molecule has 1 aromatic carbocycles. The highest BCUT2D eigenvalue weighted by atomic mass is 32.2. The number of nitrogens with one attached hydrogen (secondary N) is 1. The van der Waals surface area contributed by atoms with Crippen molar-refractivity contribution in [2.75, 3.05) is 0 Å². The van der Waals surface area contributed by atoms with Crippen molar-refractivity contribution in [3.63, 3.8) is 0 Å². The standard InChI is InChI=1S/C21H18F3N5OS/c1-4-17-27-29-18(25)16(19(30)26-20(29)31-17)9-13-8-11(2)28(12(13)3)15-7-5-6-14(10-15)21(22,23)24/h5-10,25H,4H2,1-3H3/b16-9+,25-18?. The highest BCUT2D eigenvalue weighted by molar-refractivity contribution is 8.26. The van der Waals surface area contributed by atoms with Crippen molar-refractivity contribution >= 4 is 39.8 Å². The number of rotatable bonds is 3. The fourth-order valence-corrected chi connectivity index (χ4v) is 4.31. The lowest BCUT2D eigenvalue weighted by Crippen LogP contribution is -2.35. The molecule has 1 N–H and O–H groups in total. The summed E-state index contributed by atoms with van der Waals surface area (Å²) in [5.41, 5.74) is 1.68. The predicted molar refractivity (Wildman–Crippen MR) is 116 cm³/mol. The van der Waals surface area contributed by atoms with Crippen molar-refractivity contribution in [3.05, 3.63) is 58.4 Å². The SMILES string of the molecule is CCC1=NN2C(=N)/C(=C\c3cc(C)n(-c4cccc(C(F)(F)F)c4)c3C)C(=O)N=C2S1. The Morgan fingerprint density at radius 3 is 2.65 bits per heavy atom. The third kappa shape index (κ3) is 3.71. The van der Waals surface area contributed by atoms with Crippen molar-refractivity contribution in [2.24, 2.45) is 10.1 Å². The quantitative estimate of drug-likeness (QED) is 0.665. The highest BCUT2D eigenvalue weighted by Crippen LogP contribution is 2.33. The highest BCUT2D eigenvalue weighted by Gasteiger charge is 2.35. The van der Waals surface area contributed by atoms with Crippen LogP contribution >= 0.6 is 11.8 Å². The number of aryl methyl sites for hydroxylation is 1. The molecule has 2 aliphatic rings. The maximum atomic E-state index is 13.1. The van der Waals surface area contributed by atoms with Gasteiger partial charge in [-0.25, -0.2) is 0 Å². The molecule has 2 aliphatic heterocycles. The molecule has 1 aromatic heterocycles. The number of benzene rings is 1. The molecule has 31 heavy (non-hydrogen) atoms. The third-order valence-electron chi connectivity index (χ3n) is 5.00. The number of halogens is 3. The lowest BCUT2D eigenvalue weighted by molar-refractivity contribution is -0.137. The van der Waals surface area contributed by atoms with Crippen LogP contribution in [0.3, 0.4) is 0 Å². The van der Waals surface area contributed by atoms with Crippen LogP contribution in [0.4, 0.5) is 13.2 Å². The molecule has 0 spiro atoms. The summed E-state index contributed by atoms with van der Waals surface area (Å²) >= 11 is 1.26. The summed E-state index contributed by atoms with van der Waals surface area (Å²) in [6.45, 7) is 5.45. The molecule has 1 amide bonds. The number of hydrazone groups is 1. The summed E-state index contributed by atoms with van der Waals surface area (Å²) in [6.07, 6.45) is -2.24. The van der Waals surface area contributed by atoms with Gasteiger partial charge in [-0.05, 0) is 67.9 Å². The Labute approximate surface area is 180 Å². The van der Waals surface area contributed by atoms with E-state index in [-0.39, 0.29) is 11.4 Å². The zero-order valence-electron chi connectivity index (χ0n) is 16.9. The summed E-state index contributed by atoms with van der Waals surface area (Å²) in [7, 11) is 0. The van der Waals surface area contributed by atoms with Crippen LogP contribution in [0.2, 0.25) is 0 Å². The fraction of sp³-hybridized carbons (Fsp3) is 0.238. The lowest BCUT2D eigenvalue weighted by atomic mass is 10.1. The van der Waals surface area contributed by atoms with Crippen molar-refractivity contribution in [2.45, 2.75) is 33.4 Å². The van der Waals surface area contributed by atoms with E-state index in [1.807, 2.05) is 6.92 Å². The second kappa shape index (κ2) is 7.52. The average Bonchev–Trinajstić information content (AvgIpc) is 3.25. The molecule has 0 unspecified atom stereocenters. The molecule has 6 nitrogen and oxygen atoms in total. The Morgan fingerprint density at radius 2 is 1.97 bits per heavy atom. The molecular weight excluding hydrogens is 427 g/mol. The first-order valence-corrected chi connectivity index (χ1v) is 10.3. The second-order valence-corrected chi connectivity index (χ2v) is 8.12. The maximum Gasteiger partial charge on any atom is 0.416 e. The first kappa shape index (κ1) is 21.1. The van der Waals surface area contributed by atoms with Gasteiger partial charge >= 0.3 is 6.18 Å². The van der Waals surface area contributed by atoms with Gasteiger partial charge in [0.05, 0.1) is 11.1 Å². The lowest BCUT2D eigenvalue weighted by Gasteiger charge is -2.20. The van der Waals surface area contributed by atoms with Crippen molar-refractivity contribution in [1.29, 1.82) is 5.41 Å². The van der Waals surface area contributed by atoms with Gasteiger partial charge in [-0.1, -0.05) is 13.0 Å². The van der Waals surface area contributed by atoms with E-state index in [1.165, 1.54) is 22.8 Å². The monoisotopic (exact) mass is 445 g/mol. The van der Waals surface area contributed by atoms with E-state index >= 15 is 0 Å². The molecule has 4 rings (SSSR count). The second-order valence-electron chi connectivity index (χ2n) is 7.08. The number of carbonyl (C=O) groups excluding carboxylic acids is 1. The Bertz CT molecular complexity index is 1210. The molecule has 0 saturated heterocycles. The van der Waals surface area contributed by atoms with Gasteiger partial charge in [0.25, 0.3) is 5.91 Å². The Morgan fingerprint density at radius 1 is 1.23 bits per heavy atom. The maximum absolute atomic E-state index is 13.1. The van der Waals surface area contributed by atoms with Crippen molar-refractivity contribution < 1.29 is 18.0 Å². The summed E-state index contributed by atoms with van der Waals surface area (Å²) < 4.78 is 41.1. The zero-order chi connectivity index (χ0) is 22.5. The molecule has 160 valence electrons. The molecule has 0 atom stereocenters. The van der Waals surface area contributed by atoms with E-state index < -0.39 is 17.6 Å². The fourth-order valence-electron chi connectivity index (χ4n) is 3.48. The van der Waals surface area contributed by atoms with Crippen LogP contribution < -0.4 is 0 Å². The van der Waals surface area contributed by atoms with Gasteiger partial charge < -0.3 is 4.57 Å². The summed E-state index contributed by atoms with van der Waals surface area (Å²) in [4.78, 5) is 16.6. The van der Waals surface area contributed by atoms with Gasteiger partial charge in [0.1, 0.15) is 5.04 Å². The number of alkyl halides is 3. The number of aromatic nitrogens is 1. The summed E-state index contributed by atoms with van der Waals surface area (Å²) in [6, 6.07) is 6.84. The van der Waals surface area contributed by atoms with E-state index in [2.05, 4.69) is 10.1 Å². The number of nitrogens with zero attached hydrogens (tertiary/aromatic N) is 4. The minimum atomic E-state index is -4.44. The number of carbonyl (C=O) groups is 1. The summed E-state index contributed by atoms with van der Waals surface area (Å²) in [5, 5.41) is 15.2. The first-order chi connectivity index (χ1) is 14.6. The topological polar surface area (TPSA) is 73.8 Å². The molecule has 3 heterocycles. The van der Waals surface area contributed by atoms with E-state index in [0.29, 0.717) is 34.2 Å². The number of amidine groups is 2. The van der Waals surface area contributed by atoms with Crippen LogP contribution in [0, 0.1) is 19.3 Å². The van der Waals surface area contributed by atoms with Gasteiger partial charge in [0.15, 0.2) is 5.84 Å². The van der Waals surface area contributed by atoms with Crippen LogP contribution in [0.15, 0.2) is 46.0 Å². The number of amides is 1. The van der Waals surface area contributed by atoms with E-state index in [1.54, 1.807) is 36.6 Å². The van der Waals surface area contributed by atoms with Gasteiger partial charge in [0, 0.05) is 17.1 Å². The van der Waals surface area contributed by atoms with E-state index in [9.17, 15) is 18.0 Å². The summed E-state index contributed by atoms with van der Waals surface area (Å²) in [5.74, 6) is -0.616. The minimum absolute atomic E-state index is 0.0742. The molecule has 0 saturated carbocycles. The average molecular weight is 445 g/mol. The number of fused-ring (bicyclic) bond motifs is 1. The molecule has 0 aliphatic carbocycles. The van der Waals surface area contributed by atoms with E-state index in [4.69, 9.17) is 5.41 Å². The van der Waals surface area contributed by atoms with Crippen LogP contribution in [-0.2, 0) is 11.0 Å². The van der Waals surface area contributed by atoms with Crippen LogP contribution in [0.25, 0.3) is 11.8 Å². The molecule has 0 bridgehead atoms. The Hall–Kier alpha value is -3.14.